The lowest BCUT2D eigenvalue weighted by molar-refractivity contribution is 0.267. The molecule has 1 aliphatic rings. The molecule has 1 saturated carbocycles. The second-order valence-electron chi connectivity index (χ2n) is 5.24. The summed E-state index contributed by atoms with van der Waals surface area (Å²) >= 11 is 0. The summed E-state index contributed by atoms with van der Waals surface area (Å²) < 4.78 is 0. The van der Waals surface area contributed by atoms with Crippen LogP contribution in [0.3, 0.4) is 0 Å². The van der Waals surface area contributed by atoms with Crippen LogP contribution in [0.2, 0.25) is 0 Å². The van der Waals surface area contributed by atoms with Crippen molar-refractivity contribution in [2.45, 2.75) is 44.9 Å². The van der Waals surface area contributed by atoms with E-state index in [1.807, 2.05) is 12.1 Å². The van der Waals surface area contributed by atoms with Crippen LogP contribution in [-0.4, -0.2) is 17.7 Å². The number of benzene rings is 1. The minimum Gasteiger partial charge on any atom is -0.392 e. The van der Waals surface area contributed by atoms with Crippen LogP contribution in [0.1, 0.15) is 36.8 Å². The SMILES string of the molecule is NCC1CCCCC1NCc1ccc(CO)cc1. The lowest BCUT2D eigenvalue weighted by Crippen LogP contribution is -2.41. The van der Waals surface area contributed by atoms with Crippen molar-refractivity contribution in [2.75, 3.05) is 6.54 Å². The van der Waals surface area contributed by atoms with Gasteiger partial charge >= 0.3 is 0 Å². The van der Waals surface area contributed by atoms with Crippen LogP contribution < -0.4 is 11.1 Å². The third kappa shape index (κ3) is 3.55. The Morgan fingerprint density at radius 3 is 2.44 bits per heavy atom. The number of aliphatic hydroxyl groups excluding tert-OH is 1. The predicted octanol–water partition coefficient (Wildman–Crippen LogP) is 1.79. The molecule has 100 valence electrons. The van der Waals surface area contributed by atoms with E-state index in [2.05, 4.69) is 17.4 Å². The van der Waals surface area contributed by atoms with Gasteiger partial charge in [-0.2, -0.15) is 0 Å². The Morgan fingerprint density at radius 1 is 1.11 bits per heavy atom. The fourth-order valence-corrected chi connectivity index (χ4v) is 2.77. The average molecular weight is 248 g/mol. The monoisotopic (exact) mass is 248 g/mol. The number of rotatable bonds is 5. The fourth-order valence-electron chi connectivity index (χ4n) is 2.77. The molecule has 1 aliphatic carbocycles. The lowest BCUT2D eigenvalue weighted by Gasteiger charge is -2.31. The van der Waals surface area contributed by atoms with Crippen molar-refractivity contribution in [3.05, 3.63) is 35.4 Å². The standard InChI is InChI=1S/C15H24N2O/c16-9-14-3-1-2-4-15(14)17-10-12-5-7-13(11-18)8-6-12/h5-8,14-15,17-18H,1-4,9-11,16H2. The number of hydrogen-bond acceptors (Lipinski definition) is 3. The highest BCUT2D eigenvalue weighted by atomic mass is 16.3. The van der Waals surface area contributed by atoms with Crippen molar-refractivity contribution in [2.24, 2.45) is 11.7 Å². The van der Waals surface area contributed by atoms with Gasteiger partial charge < -0.3 is 16.2 Å². The Balaban J connectivity index is 1.85. The second-order valence-corrected chi connectivity index (χ2v) is 5.24. The zero-order valence-corrected chi connectivity index (χ0v) is 10.9. The van der Waals surface area contributed by atoms with Crippen LogP contribution in [0.4, 0.5) is 0 Å². The highest BCUT2D eigenvalue weighted by Crippen LogP contribution is 2.23. The fraction of sp³-hybridized carbons (Fsp3) is 0.600. The van der Waals surface area contributed by atoms with E-state index < -0.39 is 0 Å². The van der Waals surface area contributed by atoms with Crippen LogP contribution in [0.15, 0.2) is 24.3 Å². The highest BCUT2D eigenvalue weighted by Gasteiger charge is 2.22. The Morgan fingerprint density at radius 2 is 1.78 bits per heavy atom. The smallest absolute Gasteiger partial charge is 0.0681 e. The van der Waals surface area contributed by atoms with Crippen molar-refractivity contribution in [3.8, 4) is 0 Å². The molecule has 1 aromatic rings. The van der Waals surface area contributed by atoms with Crippen molar-refractivity contribution in [3.63, 3.8) is 0 Å². The molecule has 0 radical (unpaired) electrons. The maximum Gasteiger partial charge on any atom is 0.0681 e. The average Bonchev–Trinajstić information content (AvgIpc) is 2.46. The Hall–Kier alpha value is -0.900. The first-order valence-corrected chi connectivity index (χ1v) is 6.95. The summed E-state index contributed by atoms with van der Waals surface area (Å²) in [6.07, 6.45) is 5.15. The van der Waals surface area contributed by atoms with Gasteiger partial charge in [0.2, 0.25) is 0 Å². The van der Waals surface area contributed by atoms with E-state index >= 15 is 0 Å². The van der Waals surface area contributed by atoms with Gasteiger partial charge in [-0.15, -0.1) is 0 Å². The second kappa shape index (κ2) is 6.88. The molecule has 0 heterocycles. The maximum atomic E-state index is 9.00. The van der Waals surface area contributed by atoms with Crippen molar-refractivity contribution in [1.29, 1.82) is 0 Å². The molecular formula is C15H24N2O. The summed E-state index contributed by atoms with van der Waals surface area (Å²) in [5.41, 5.74) is 8.07. The van der Waals surface area contributed by atoms with Gasteiger partial charge in [-0.25, -0.2) is 0 Å². The summed E-state index contributed by atoms with van der Waals surface area (Å²) in [7, 11) is 0. The van der Waals surface area contributed by atoms with Gasteiger partial charge in [-0.1, -0.05) is 37.1 Å². The molecule has 0 saturated heterocycles. The van der Waals surface area contributed by atoms with Crippen LogP contribution >= 0.6 is 0 Å². The summed E-state index contributed by atoms with van der Waals surface area (Å²) in [6, 6.07) is 8.70. The van der Waals surface area contributed by atoms with E-state index in [1.165, 1.54) is 31.2 Å². The van der Waals surface area contributed by atoms with Crippen LogP contribution in [0, 0.1) is 5.92 Å². The van der Waals surface area contributed by atoms with Gasteiger partial charge in [0.05, 0.1) is 6.61 Å². The topological polar surface area (TPSA) is 58.3 Å². The maximum absolute atomic E-state index is 9.00. The number of nitrogens with one attached hydrogen (secondary N) is 1. The molecule has 4 N–H and O–H groups in total. The van der Waals surface area contributed by atoms with Gasteiger partial charge in [0.1, 0.15) is 0 Å². The molecule has 1 fully saturated rings. The Labute approximate surface area is 109 Å². The first-order chi connectivity index (χ1) is 8.83. The van der Waals surface area contributed by atoms with Crippen LogP contribution in [0.5, 0.6) is 0 Å². The normalized spacial score (nSPS) is 24.1. The molecule has 0 bridgehead atoms. The molecule has 0 aliphatic heterocycles. The first kappa shape index (κ1) is 13.5. The van der Waals surface area contributed by atoms with E-state index in [4.69, 9.17) is 10.8 Å². The number of aliphatic hydroxyl groups is 1. The minimum atomic E-state index is 0.117. The first-order valence-electron chi connectivity index (χ1n) is 6.95. The van der Waals surface area contributed by atoms with Gasteiger partial charge in [-0.3, -0.25) is 0 Å². The number of nitrogens with two attached hydrogens (primary N) is 1. The molecule has 0 aromatic heterocycles. The van der Waals surface area contributed by atoms with E-state index in [-0.39, 0.29) is 6.61 Å². The molecule has 18 heavy (non-hydrogen) atoms. The van der Waals surface area contributed by atoms with Crippen molar-refractivity contribution < 1.29 is 5.11 Å². The third-order valence-corrected chi connectivity index (χ3v) is 3.99. The van der Waals surface area contributed by atoms with E-state index in [1.54, 1.807) is 0 Å². The predicted molar refractivity (Wildman–Crippen MR) is 74.0 cm³/mol. The van der Waals surface area contributed by atoms with Gasteiger partial charge in [0.15, 0.2) is 0 Å². The summed E-state index contributed by atoms with van der Waals surface area (Å²) in [5.74, 6) is 0.635. The molecule has 2 unspecified atom stereocenters. The summed E-state index contributed by atoms with van der Waals surface area (Å²) in [5, 5.41) is 12.6. The number of hydrogen-bond donors (Lipinski definition) is 3. The van der Waals surface area contributed by atoms with Gasteiger partial charge in [0.25, 0.3) is 0 Å². The van der Waals surface area contributed by atoms with Gasteiger partial charge in [0, 0.05) is 12.6 Å². The molecular weight excluding hydrogens is 224 g/mol. The zero-order valence-electron chi connectivity index (χ0n) is 10.9. The van der Waals surface area contributed by atoms with Gasteiger partial charge in [-0.05, 0) is 36.4 Å². The summed E-state index contributed by atoms with van der Waals surface area (Å²) in [4.78, 5) is 0. The van der Waals surface area contributed by atoms with Crippen molar-refractivity contribution >= 4 is 0 Å². The molecule has 1 aromatic carbocycles. The van der Waals surface area contributed by atoms with E-state index in [0.29, 0.717) is 12.0 Å². The molecule has 3 heteroatoms. The van der Waals surface area contributed by atoms with Crippen LogP contribution in [0.25, 0.3) is 0 Å². The van der Waals surface area contributed by atoms with Crippen LogP contribution in [-0.2, 0) is 13.2 Å². The zero-order chi connectivity index (χ0) is 12.8. The molecule has 0 amide bonds. The Bertz CT molecular complexity index is 350. The van der Waals surface area contributed by atoms with Crippen molar-refractivity contribution in [1.82, 2.24) is 5.32 Å². The largest absolute Gasteiger partial charge is 0.392 e. The highest BCUT2D eigenvalue weighted by molar-refractivity contribution is 5.21. The summed E-state index contributed by atoms with van der Waals surface area (Å²) in [6.45, 7) is 1.81. The lowest BCUT2D eigenvalue weighted by atomic mass is 9.84. The van der Waals surface area contributed by atoms with E-state index in [9.17, 15) is 0 Å². The quantitative estimate of drug-likeness (QED) is 0.744. The minimum absolute atomic E-state index is 0.117. The molecule has 3 nitrogen and oxygen atoms in total. The third-order valence-electron chi connectivity index (χ3n) is 3.99. The van der Waals surface area contributed by atoms with E-state index in [0.717, 1.165) is 18.7 Å². The molecule has 2 rings (SSSR count). The Kier molecular flexibility index (Phi) is 5.17. The molecule has 2 atom stereocenters. The molecule has 0 spiro atoms.